The van der Waals surface area contributed by atoms with Crippen molar-refractivity contribution in [3.8, 4) is 0 Å². The van der Waals surface area contributed by atoms with Crippen molar-refractivity contribution in [2.45, 2.75) is 61.0 Å². The fourth-order valence-corrected chi connectivity index (χ4v) is 6.91. The molecule has 0 radical (unpaired) electrons. The molecular formula is C26H27F3N4O3S. The van der Waals surface area contributed by atoms with Crippen molar-refractivity contribution in [3.63, 3.8) is 0 Å². The fourth-order valence-electron chi connectivity index (χ4n) is 5.12. The van der Waals surface area contributed by atoms with Gasteiger partial charge in [0.25, 0.3) is 5.56 Å². The van der Waals surface area contributed by atoms with E-state index >= 15 is 0 Å². The minimum Gasteiger partial charge on any atom is -0.367 e. The number of hydrogen-bond donors (Lipinski definition) is 2. The number of sulfone groups is 1. The largest absolute Gasteiger partial charge is 0.417 e. The van der Waals surface area contributed by atoms with Crippen LogP contribution in [0.4, 0.5) is 24.7 Å². The number of nitrogens with zero attached hydrogens (tertiary/aromatic N) is 2. The maximum atomic E-state index is 13.3. The number of benzene rings is 1. The summed E-state index contributed by atoms with van der Waals surface area (Å²) in [6.07, 6.45) is 0.822. The molecule has 1 saturated carbocycles. The summed E-state index contributed by atoms with van der Waals surface area (Å²) in [7, 11) is -3.53. The molecule has 0 unspecified atom stereocenters. The average Bonchev–Trinajstić information content (AvgIpc) is 2.89. The van der Waals surface area contributed by atoms with Crippen LogP contribution in [0, 0.1) is 0 Å². The van der Waals surface area contributed by atoms with Crippen LogP contribution in [0.1, 0.15) is 42.4 Å². The van der Waals surface area contributed by atoms with E-state index in [1.54, 1.807) is 30.5 Å². The minimum atomic E-state index is -4.44. The van der Waals surface area contributed by atoms with Crippen LogP contribution in [0.5, 0.6) is 0 Å². The molecule has 0 amide bonds. The predicted octanol–water partition coefficient (Wildman–Crippen LogP) is 4.55. The summed E-state index contributed by atoms with van der Waals surface area (Å²) in [5.74, 6) is 0.345. The maximum Gasteiger partial charge on any atom is 0.417 e. The quantitative estimate of drug-likeness (QED) is 0.501. The molecule has 0 atom stereocenters. The van der Waals surface area contributed by atoms with Gasteiger partial charge in [-0.15, -0.1) is 0 Å². The lowest BCUT2D eigenvalue weighted by molar-refractivity contribution is -0.137. The van der Waals surface area contributed by atoms with E-state index in [1.165, 1.54) is 6.07 Å². The highest BCUT2D eigenvalue weighted by molar-refractivity contribution is 7.92. The van der Waals surface area contributed by atoms with Crippen LogP contribution in [0.25, 0.3) is 0 Å². The van der Waals surface area contributed by atoms with E-state index in [0.717, 1.165) is 42.0 Å². The third-order valence-corrected chi connectivity index (χ3v) is 9.53. The third-order valence-electron chi connectivity index (χ3n) is 7.25. The summed E-state index contributed by atoms with van der Waals surface area (Å²) in [6.45, 7) is 1.22. The zero-order valence-electron chi connectivity index (χ0n) is 20.0. The normalized spacial score (nSPS) is 20.4. The van der Waals surface area contributed by atoms with E-state index in [1.807, 2.05) is 6.07 Å². The predicted molar refractivity (Wildman–Crippen MR) is 134 cm³/mol. The highest BCUT2D eigenvalue weighted by Gasteiger charge is 2.33. The monoisotopic (exact) mass is 532 g/mol. The van der Waals surface area contributed by atoms with Crippen molar-refractivity contribution >= 4 is 21.3 Å². The molecule has 1 aromatic carbocycles. The van der Waals surface area contributed by atoms with Crippen LogP contribution in [0.3, 0.4) is 0 Å². The fraction of sp³-hybridized carbons (Fsp3) is 0.385. The Morgan fingerprint density at radius 1 is 1.00 bits per heavy atom. The van der Waals surface area contributed by atoms with Gasteiger partial charge in [-0.25, -0.2) is 13.4 Å². The van der Waals surface area contributed by atoms with Crippen molar-refractivity contribution in [3.05, 3.63) is 81.9 Å². The van der Waals surface area contributed by atoms with E-state index < -0.39 is 26.8 Å². The second-order valence-corrected chi connectivity index (χ2v) is 11.8. The summed E-state index contributed by atoms with van der Waals surface area (Å²) in [5, 5.41) is 2.61. The Hall–Kier alpha value is -3.34. The molecule has 5 rings (SSSR count). The van der Waals surface area contributed by atoms with Crippen molar-refractivity contribution in [2.75, 3.05) is 16.8 Å². The van der Waals surface area contributed by atoms with E-state index in [-0.39, 0.29) is 16.5 Å². The molecule has 2 N–H and O–H groups in total. The number of aromatic amines is 1. The Bertz CT molecular complexity index is 1410. The SMILES string of the molecule is O=c1[nH]ccc2c1CN(c1ccc(S(=O)(=O)C3CCC(Nc4ccc(C(F)(F)F)cn4)CC3)cc1)CC2. The lowest BCUT2D eigenvalue weighted by atomic mass is 9.95. The Kier molecular flexibility index (Phi) is 6.74. The number of H-pyrrole nitrogens is 1. The molecule has 3 heterocycles. The van der Waals surface area contributed by atoms with E-state index in [0.29, 0.717) is 38.0 Å². The molecule has 2 aromatic heterocycles. The number of fused-ring (bicyclic) bond motifs is 1. The molecule has 0 saturated heterocycles. The summed E-state index contributed by atoms with van der Waals surface area (Å²) in [6, 6.07) is 11.0. The van der Waals surface area contributed by atoms with Gasteiger partial charge in [-0.05, 0) is 80.1 Å². The molecule has 1 aliphatic heterocycles. The Morgan fingerprint density at radius 2 is 1.73 bits per heavy atom. The molecule has 0 bridgehead atoms. The van der Waals surface area contributed by atoms with Gasteiger partial charge in [-0.1, -0.05) is 0 Å². The topological polar surface area (TPSA) is 95.2 Å². The summed E-state index contributed by atoms with van der Waals surface area (Å²) in [5.41, 5.74) is 1.74. The standard InChI is InChI=1S/C26H27F3N4O3S/c27-26(28,29)18-1-10-24(31-15-18)32-19-2-6-21(7-3-19)37(35,36)22-8-4-20(5-9-22)33-14-12-17-11-13-30-25(34)23(17)16-33/h1,4-5,8-11,13,15,19,21H,2-3,6-7,12,14,16H2,(H,30,34)(H,31,32). The smallest absolute Gasteiger partial charge is 0.367 e. The van der Waals surface area contributed by atoms with E-state index in [2.05, 4.69) is 20.2 Å². The first-order valence-corrected chi connectivity index (χ1v) is 13.7. The van der Waals surface area contributed by atoms with Crippen LogP contribution >= 0.6 is 0 Å². The zero-order chi connectivity index (χ0) is 26.2. The van der Waals surface area contributed by atoms with Gasteiger partial charge in [0.15, 0.2) is 9.84 Å². The van der Waals surface area contributed by atoms with Gasteiger partial charge in [-0.3, -0.25) is 4.79 Å². The molecule has 7 nitrogen and oxygen atoms in total. The molecule has 37 heavy (non-hydrogen) atoms. The molecular weight excluding hydrogens is 505 g/mol. The Balaban J connectivity index is 1.19. The second kappa shape index (κ2) is 9.85. The zero-order valence-corrected chi connectivity index (χ0v) is 20.8. The number of pyridine rings is 2. The lowest BCUT2D eigenvalue weighted by Crippen LogP contribution is -2.34. The summed E-state index contributed by atoms with van der Waals surface area (Å²) in [4.78, 5) is 21.1. The maximum absolute atomic E-state index is 13.3. The molecule has 1 fully saturated rings. The van der Waals surface area contributed by atoms with Crippen molar-refractivity contribution in [1.82, 2.24) is 9.97 Å². The number of halogens is 3. The average molecular weight is 533 g/mol. The first-order valence-electron chi connectivity index (χ1n) is 12.2. The second-order valence-electron chi connectivity index (χ2n) is 9.57. The van der Waals surface area contributed by atoms with Gasteiger partial charge in [0.2, 0.25) is 0 Å². The molecule has 2 aliphatic rings. The molecule has 3 aromatic rings. The number of nitrogens with one attached hydrogen (secondary N) is 2. The first-order chi connectivity index (χ1) is 17.6. The number of aromatic nitrogens is 2. The Morgan fingerprint density at radius 3 is 2.38 bits per heavy atom. The van der Waals surface area contributed by atoms with Gasteiger partial charge in [0.05, 0.1) is 15.7 Å². The Labute approximate surface area is 212 Å². The minimum absolute atomic E-state index is 0.0526. The number of rotatable bonds is 5. The lowest BCUT2D eigenvalue weighted by Gasteiger charge is -2.31. The van der Waals surface area contributed by atoms with Crippen LogP contribution in [-0.4, -0.2) is 36.2 Å². The number of anilines is 2. The van der Waals surface area contributed by atoms with Gasteiger partial charge < -0.3 is 15.2 Å². The number of hydrogen-bond acceptors (Lipinski definition) is 6. The van der Waals surface area contributed by atoms with Crippen molar-refractivity contribution < 1.29 is 21.6 Å². The van der Waals surface area contributed by atoms with Crippen LogP contribution < -0.4 is 15.8 Å². The van der Waals surface area contributed by atoms with Crippen LogP contribution in [0.2, 0.25) is 0 Å². The molecule has 196 valence electrons. The van der Waals surface area contributed by atoms with Crippen molar-refractivity contribution in [1.29, 1.82) is 0 Å². The van der Waals surface area contributed by atoms with E-state index in [4.69, 9.17) is 0 Å². The van der Waals surface area contributed by atoms with Gasteiger partial charge >= 0.3 is 6.18 Å². The highest BCUT2D eigenvalue weighted by Crippen LogP contribution is 2.33. The first kappa shape index (κ1) is 25.3. The van der Waals surface area contributed by atoms with Crippen LogP contribution in [0.15, 0.2) is 64.5 Å². The molecule has 11 heteroatoms. The van der Waals surface area contributed by atoms with E-state index in [9.17, 15) is 26.4 Å². The number of alkyl halides is 3. The van der Waals surface area contributed by atoms with Gasteiger partial charge in [-0.2, -0.15) is 13.2 Å². The summed E-state index contributed by atoms with van der Waals surface area (Å²) >= 11 is 0. The summed E-state index contributed by atoms with van der Waals surface area (Å²) < 4.78 is 64.7. The molecule has 1 aliphatic carbocycles. The van der Waals surface area contributed by atoms with Gasteiger partial charge in [0, 0.05) is 42.8 Å². The van der Waals surface area contributed by atoms with Crippen molar-refractivity contribution in [2.24, 2.45) is 0 Å². The van der Waals surface area contributed by atoms with Gasteiger partial charge in [0.1, 0.15) is 5.82 Å². The highest BCUT2D eigenvalue weighted by atomic mass is 32.2. The van der Waals surface area contributed by atoms with Crippen LogP contribution in [-0.2, 0) is 29.0 Å². The third kappa shape index (κ3) is 5.36. The molecule has 0 spiro atoms.